The molecule has 2 aliphatic rings. The number of nitrogens with one attached hydrogen (secondary N) is 1. The molecule has 2 aromatic heterocycles. The number of hydrogen-bond acceptors (Lipinski definition) is 5. The third kappa shape index (κ3) is 6.58. The average molecular weight is 631 g/mol. The summed E-state index contributed by atoms with van der Waals surface area (Å²) < 4.78 is 21.2. The lowest BCUT2D eigenvalue weighted by Crippen LogP contribution is -2.36. The van der Waals surface area contributed by atoms with E-state index in [9.17, 15) is 9.18 Å². The molecule has 6 rings (SSSR count). The molecule has 0 radical (unpaired) electrons. The molecule has 4 aromatic rings. The molecule has 4 heterocycles. The molecule has 2 aromatic carbocycles. The Morgan fingerprint density at radius 2 is 1.90 bits per heavy atom. The number of fused-ring (bicyclic) bond motifs is 3. The van der Waals surface area contributed by atoms with Gasteiger partial charge >= 0.3 is 6.03 Å². The predicted molar refractivity (Wildman–Crippen MR) is 169 cm³/mol. The summed E-state index contributed by atoms with van der Waals surface area (Å²) >= 11 is 11.9. The Labute approximate surface area is 260 Å². The van der Waals surface area contributed by atoms with Crippen LogP contribution in [0, 0.1) is 5.82 Å². The highest BCUT2D eigenvalue weighted by molar-refractivity contribution is 6.30. The second-order valence-electron chi connectivity index (χ2n) is 10.3. The largest absolute Gasteiger partial charge is 0.378 e. The molecule has 0 spiro atoms. The topological polar surface area (TPSA) is 62.6 Å². The molecule has 0 saturated carbocycles. The van der Waals surface area contributed by atoms with Crippen LogP contribution >= 0.6 is 35.6 Å². The molecule has 0 atom stereocenters. The first-order valence-corrected chi connectivity index (χ1v) is 14.4. The van der Waals surface area contributed by atoms with Crippen LogP contribution in [0.25, 0.3) is 17.0 Å². The Morgan fingerprint density at radius 3 is 2.69 bits per heavy atom. The van der Waals surface area contributed by atoms with E-state index in [1.807, 2.05) is 22.8 Å². The third-order valence-electron chi connectivity index (χ3n) is 7.64. The number of amides is 1. The van der Waals surface area contributed by atoms with Gasteiger partial charge < -0.3 is 15.0 Å². The Morgan fingerprint density at radius 1 is 1.07 bits per heavy atom. The summed E-state index contributed by atoms with van der Waals surface area (Å²) in [6.45, 7) is 5.64. The van der Waals surface area contributed by atoms with Crippen molar-refractivity contribution in [3.05, 3.63) is 99.2 Å². The minimum atomic E-state index is -0.425. The summed E-state index contributed by atoms with van der Waals surface area (Å²) in [5.41, 5.74) is 5.87. The maximum Gasteiger partial charge on any atom is 0.326 e. The fourth-order valence-corrected chi connectivity index (χ4v) is 5.89. The second-order valence-corrected chi connectivity index (χ2v) is 11.1. The van der Waals surface area contributed by atoms with Crippen LogP contribution in [0.1, 0.15) is 22.4 Å². The molecule has 2 aliphatic heterocycles. The van der Waals surface area contributed by atoms with Crippen LogP contribution < -0.4 is 10.2 Å². The van der Waals surface area contributed by atoms with Gasteiger partial charge in [0.25, 0.3) is 0 Å². The molecule has 11 heteroatoms. The van der Waals surface area contributed by atoms with Crippen LogP contribution in [-0.4, -0.2) is 59.9 Å². The van der Waals surface area contributed by atoms with Gasteiger partial charge in [-0.1, -0.05) is 41.4 Å². The molecule has 0 bridgehead atoms. The van der Waals surface area contributed by atoms with Crippen LogP contribution in [0.4, 0.5) is 14.9 Å². The van der Waals surface area contributed by atoms with Crippen molar-refractivity contribution in [3.63, 3.8) is 0 Å². The number of benzene rings is 2. The van der Waals surface area contributed by atoms with Gasteiger partial charge in [-0.05, 0) is 59.2 Å². The third-order valence-corrected chi connectivity index (χ3v) is 8.16. The number of anilines is 1. The van der Waals surface area contributed by atoms with Crippen molar-refractivity contribution in [2.24, 2.45) is 0 Å². The van der Waals surface area contributed by atoms with E-state index in [0.717, 1.165) is 65.0 Å². The summed E-state index contributed by atoms with van der Waals surface area (Å²) in [5, 5.41) is 4.66. The van der Waals surface area contributed by atoms with Crippen LogP contribution in [-0.2, 0) is 24.2 Å². The molecule has 7 nitrogen and oxygen atoms in total. The number of carbonyl (C=O) groups excluding carboxylic acids is 1. The van der Waals surface area contributed by atoms with Gasteiger partial charge in [0.05, 0.1) is 23.8 Å². The zero-order chi connectivity index (χ0) is 28.3. The fraction of sp³-hybridized carbons (Fsp3) is 0.290. The van der Waals surface area contributed by atoms with Gasteiger partial charge in [0.1, 0.15) is 11.0 Å². The van der Waals surface area contributed by atoms with Crippen molar-refractivity contribution in [1.82, 2.24) is 19.8 Å². The first kappa shape index (κ1) is 30.3. The van der Waals surface area contributed by atoms with E-state index < -0.39 is 5.82 Å². The number of nitrogens with zero attached hydrogens (tertiary/aromatic N) is 4. The number of pyridine rings is 1. The second kappa shape index (κ2) is 13.4. The molecule has 42 heavy (non-hydrogen) atoms. The van der Waals surface area contributed by atoms with Crippen LogP contribution in [0.15, 0.2) is 60.8 Å². The molecule has 220 valence electrons. The normalized spacial score (nSPS) is 15.5. The van der Waals surface area contributed by atoms with Gasteiger partial charge in [0, 0.05) is 68.7 Å². The molecule has 1 saturated heterocycles. The smallest absolute Gasteiger partial charge is 0.326 e. The number of aromatic nitrogens is 2. The summed E-state index contributed by atoms with van der Waals surface area (Å²) in [6.07, 6.45) is 6.32. The zero-order valence-electron chi connectivity index (χ0n) is 22.9. The molecule has 0 unspecified atom stereocenters. The highest BCUT2D eigenvalue weighted by Crippen LogP contribution is 2.34. The number of rotatable bonds is 6. The van der Waals surface area contributed by atoms with Crippen LogP contribution in [0.3, 0.4) is 0 Å². The monoisotopic (exact) mass is 629 g/mol. The number of hydrogen-bond donors (Lipinski definition) is 1. The fourth-order valence-electron chi connectivity index (χ4n) is 5.57. The standard InChI is InChI=1S/C31H30Cl2FN5O2.ClH/c32-26-5-3-21(16-27(26)34)2-1-10-37-11-8-29-25(20-37)24-18-23(38-12-14-41-15-13-38)4-6-28(24)39(29)31(40)36-19-22-7-9-35-30(33)17-22;/h1-7,9,16-18H,8,10-15,19-20H2,(H,36,40);1H/b2-1+;. The van der Waals surface area contributed by atoms with Gasteiger partial charge in [-0.3, -0.25) is 9.47 Å². The van der Waals surface area contributed by atoms with Crippen molar-refractivity contribution in [3.8, 4) is 0 Å². The number of halogens is 4. The van der Waals surface area contributed by atoms with Gasteiger partial charge in [-0.2, -0.15) is 0 Å². The lowest BCUT2D eigenvalue weighted by Gasteiger charge is -2.29. The maximum absolute atomic E-state index is 13.8. The molecule has 1 amide bonds. The summed E-state index contributed by atoms with van der Waals surface area (Å²) in [6, 6.07) is 14.6. The highest BCUT2D eigenvalue weighted by atomic mass is 35.5. The number of carbonyl (C=O) groups is 1. The van der Waals surface area contributed by atoms with E-state index in [4.69, 9.17) is 27.9 Å². The van der Waals surface area contributed by atoms with Crippen LogP contribution in [0.2, 0.25) is 10.2 Å². The van der Waals surface area contributed by atoms with Crippen molar-refractivity contribution >= 4 is 64.3 Å². The minimum absolute atomic E-state index is 0. The molecule has 1 N–H and O–H groups in total. The van der Waals surface area contributed by atoms with Gasteiger partial charge in [0.15, 0.2) is 0 Å². The summed E-state index contributed by atoms with van der Waals surface area (Å²) in [4.78, 5) is 22.3. The number of ether oxygens (including phenoxy) is 1. The van der Waals surface area contributed by atoms with Gasteiger partial charge in [0.2, 0.25) is 0 Å². The highest BCUT2D eigenvalue weighted by Gasteiger charge is 2.27. The first-order valence-electron chi connectivity index (χ1n) is 13.7. The van der Waals surface area contributed by atoms with E-state index in [0.29, 0.717) is 38.0 Å². The Bertz CT molecular complexity index is 1620. The van der Waals surface area contributed by atoms with Crippen molar-refractivity contribution in [2.45, 2.75) is 19.5 Å². The first-order chi connectivity index (χ1) is 20.0. The summed E-state index contributed by atoms with van der Waals surface area (Å²) in [7, 11) is 0. The van der Waals surface area contributed by atoms with E-state index >= 15 is 0 Å². The zero-order valence-corrected chi connectivity index (χ0v) is 25.2. The van der Waals surface area contributed by atoms with E-state index in [2.05, 4.69) is 38.3 Å². The minimum Gasteiger partial charge on any atom is -0.378 e. The van der Waals surface area contributed by atoms with Gasteiger partial charge in [-0.15, -0.1) is 12.4 Å². The predicted octanol–water partition coefficient (Wildman–Crippen LogP) is 6.57. The van der Waals surface area contributed by atoms with Crippen molar-refractivity contribution in [2.75, 3.05) is 44.3 Å². The van der Waals surface area contributed by atoms with E-state index in [1.165, 1.54) is 6.07 Å². The van der Waals surface area contributed by atoms with Gasteiger partial charge in [-0.25, -0.2) is 14.2 Å². The lowest BCUT2D eigenvalue weighted by atomic mass is 10.0. The van der Waals surface area contributed by atoms with Crippen molar-refractivity contribution in [1.29, 1.82) is 0 Å². The molecule has 1 fully saturated rings. The maximum atomic E-state index is 13.8. The van der Waals surface area contributed by atoms with Crippen LogP contribution in [0.5, 0.6) is 0 Å². The van der Waals surface area contributed by atoms with E-state index in [-0.39, 0.29) is 23.5 Å². The molecular weight excluding hydrogens is 600 g/mol. The van der Waals surface area contributed by atoms with Crippen molar-refractivity contribution < 1.29 is 13.9 Å². The van der Waals surface area contributed by atoms with E-state index in [1.54, 1.807) is 24.4 Å². The Kier molecular flexibility index (Phi) is 9.70. The quantitative estimate of drug-likeness (QED) is 0.244. The Balaban J connectivity index is 0.00000353. The SMILES string of the molecule is Cl.O=C(NCc1ccnc(Cl)c1)n1c2c(c3cc(N4CCOCC4)ccc31)CN(C/C=C/c1ccc(Cl)c(F)c1)CC2. The number of morpholine rings is 1. The summed E-state index contributed by atoms with van der Waals surface area (Å²) in [5.74, 6) is -0.425. The average Bonchev–Trinajstić information content (AvgIpc) is 3.31. The molecular formula is C31H31Cl3FN5O2. The Hall–Kier alpha value is -3.14. The molecule has 0 aliphatic carbocycles. The lowest BCUT2D eigenvalue weighted by molar-refractivity contribution is 0.122.